The molecule has 1 fully saturated rings. The second-order valence-corrected chi connectivity index (χ2v) is 7.00. The van der Waals surface area contributed by atoms with Crippen molar-refractivity contribution in [2.24, 2.45) is 5.92 Å². The quantitative estimate of drug-likeness (QED) is 0.832. The number of imidazole rings is 1. The maximum Gasteiger partial charge on any atom is 0.226 e. The van der Waals surface area contributed by atoms with E-state index in [2.05, 4.69) is 33.4 Å². The monoisotopic (exact) mass is 304 g/mol. The topological polar surface area (TPSA) is 41.4 Å². The second-order valence-electron chi connectivity index (χ2n) is 7.00. The fraction of sp³-hybridized carbons (Fsp3) is 0.765. The molecule has 1 atom stereocenters. The van der Waals surface area contributed by atoms with Crippen molar-refractivity contribution in [3.63, 3.8) is 0 Å². The minimum Gasteiger partial charge on any atom is -0.338 e. The third-order valence-corrected chi connectivity index (χ3v) is 5.14. The smallest absolute Gasteiger partial charge is 0.226 e. The number of likely N-dealkylation sites (N-methyl/N-ethyl adjacent to an activating group) is 1. The zero-order chi connectivity index (χ0) is 15.5. The Kier molecular flexibility index (Phi) is 4.81. The molecule has 1 amide bonds. The van der Waals surface area contributed by atoms with Crippen molar-refractivity contribution in [1.29, 1.82) is 0 Å². The number of carbonyl (C=O) groups is 1. The van der Waals surface area contributed by atoms with Gasteiger partial charge in [-0.15, -0.1) is 0 Å². The molecule has 5 heteroatoms. The number of carbonyl (C=O) groups excluding carboxylic acids is 1. The molecule has 1 aliphatic heterocycles. The van der Waals surface area contributed by atoms with Crippen LogP contribution >= 0.6 is 0 Å². The molecule has 0 N–H and O–H groups in total. The molecule has 1 aromatic rings. The van der Waals surface area contributed by atoms with Crippen molar-refractivity contribution in [3.05, 3.63) is 18.2 Å². The minimum atomic E-state index is 0.123. The number of amides is 1. The molecule has 22 heavy (non-hydrogen) atoms. The molecule has 0 radical (unpaired) electrons. The molecule has 2 aliphatic rings. The van der Waals surface area contributed by atoms with E-state index in [-0.39, 0.29) is 5.92 Å². The molecule has 0 spiro atoms. The molecule has 122 valence electrons. The van der Waals surface area contributed by atoms with Gasteiger partial charge >= 0.3 is 0 Å². The van der Waals surface area contributed by atoms with Crippen LogP contribution in [-0.4, -0.2) is 58.5 Å². The molecule has 0 aromatic carbocycles. The van der Waals surface area contributed by atoms with Crippen LogP contribution in [0.1, 0.15) is 37.9 Å². The van der Waals surface area contributed by atoms with E-state index in [0.717, 1.165) is 38.3 Å². The number of rotatable bonds is 5. The van der Waals surface area contributed by atoms with Gasteiger partial charge in [0.2, 0.25) is 5.91 Å². The van der Waals surface area contributed by atoms with Gasteiger partial charge in [0.05, 0.1) is 0 Å². The first-order valence-electron chi connectivity index (χ1n) is 8.60. The van der Waals surface area contributed by atoms with E-state index in [4.69, 9.17) is 0 Å². The van der Waals surface area contributed by atoms with Crippen LogP contribution in [0.25, 0.3) is 0 Å². The molecule has 0 unspecified atom stereocenters. The van der Waals surface area contributed by atoms with Crippen LogP contribution < -0.4 is 0 Å². The highest BCUT2D eigenvalue weighted by Crippen LogP contribution is 2.27. The van der Waals surface area contributed by atoms with Crippen molar-refractivity contribution < 1.29 is 4.79 Å². The summed E-state index contributed by atoms with van der Waals surface area (Å²) in [4.78, 5) is 21.9. The van der Waals surface area contributed by atoms with Gasteiger partial charge in [0.25, 0.3) is 0 Å². The lowest BCUT2D eigenvalue weighted by Crippen LogP contribution is -2.46. The lowest BCUT2D eigenvalue weighted by atomic mass is 9.95. The molecule has 1 saturated carbocycles. The Morgan fingerprint density at radius 3 is 2.77 bits per heavy atom. The number of aromatic nitrogens is 2. The van der Waals surface area contributed by atoms with E-state index < -0.39 is 0 Å². The Morgan fingerprint density at radius 1 is 1.27 bits per heavy atom. The molecule has 1 aromatic heterocycles. The second kappa shape index (κ2) is 6.82. The normalized spacial score (nSPS) is 22.0. The van der Waals surface area contributed by atoms with Crippen LogP contribution in [0.5, 0.6) is 0 Å². The highest BCUT2D eigenvalue weighted by Gasteiger charge is 2.33. The van der Waals surface area contributed by atoms with Gasteiger partial charge in [-0.2, -0.15) is 0 Å². The summed E-state index contributed by atoms with van der Waals surface area (Å²) in [5.74, 6) is 1.56. The number of hydrogen-bond donors (Lipinski definition) is 0. The third-order valence-electron chi connectivity index (χ3n) is 5.14. The number of nitrogens with zero attached hydrogens (tertiary/aromatic N) is 4. The van der Waals surface area contributed by atoms with E-state index in [1.807, 2.05) is 12.4 Å². The van der Waals surface area contributed by atoms with Crippen molar-refractivity contribution in [3.8, 4) is 0 Å². The van der Waals surface area contributed by atoms with Crippen molar-refractivity contribution in [2.45, 2.75) is 51.1 Å². The van der Waals surface area contributed by atoms with Gasteiger partial charge in [-0.05, 0) is 33.4 Å². The molecule has 1 aliphatic carbocycles. The van der Waals surface area contributed by atoms with Crippen molar-refractivity contribution in [2.75, 3.05) is 27.2 Å². The lowest BCUT2D eigenvalue weighted by molar-refractivity contribution is -0.138. The Bertz CT molecular complexity index is 505. The summed E-state index contributed by atoms with van der Waals surface area (Å²) in [6, 6.07) is 0.467. The largest absolute Gasteiger partial charge is 0.338 e. The van der Waals surface area contributed by atoms with Crippen molar-refractivity contribution in [1.82, 2.24) is 19.4 Å². The zero-order valence-corrected chi connectivity index (χ0v) is 13.9. The molecule has 0 saturated heterocycles. The number of fused-ring (bicyclic) bond motifs is 1. The van der Waals surface area contributed by atoms with Gasteiger partial charge in [-0.25, -0.2) is 4.98 Å². The van der Waals surface area contributed by atoms with Gasteiger partial charge in [-0.1, -0.05) is 12.8 Å². The fourth-order valence-electron chi connectivity index (χ4n) is 3.79. The van der Waals surface area contributed by atoms with Crippen LogP contribution in [0.2, 0.25) is 0 Å². The standard InChI is InChI=1S/C17H28N4O/c1-19(2)11-12-21(15-5-3-4-6-15)17(22)14-7-9-20-10-8-18-16(20)13-14/h8,10,14-15H,3-7,9,11-13H2,1-2H3/t14-/m0/s1. The predicted octanol–water partition coefficient (Wildman–Crippen LogP) is 1.78. The average molecular weight is 304 g/mol. The summed E-state index contributed by atoms with van der Waals surface area (Å²) in [7, 11) is 4.16. The van der Waals surface area contributed by atoms with Crippen molar-refractivity contribution >= 4 is 5.91 Å². The Morgan fingerprint density at radius 2 is 2.05 bits per heavy atom. The third kappa shape index (κ3) is 3.35. The Hall–Kier alpha value is -1.36. The van der Waals surface area contributed by atoms with E-state index in [1.54, 1.807) is 0 Å². The lowest BCUT2D eigenvalue weighted by Gasteiger charge is -2.34. The molecule has 2 heterocycles. The van der Waals surface area contributed by atoms with Gasteiger partial charge in [0, 0.05) is 50.4 Å². The maximum absolute atomic E-state index is 13.1. The van der Waals surface area contributed by atoms with Crippen LogP contribution in [-0.2, 0) is 17.8 Å². The molecule has 3 rings (SSSR count). The molecule has 0 bridgehead atoms. The van der Waals surface area contributed by atoms with Gasteiger partial charge < -0.3 is 14.4 Å². The van der Waals surface area contributed by atoms with E-state index in [1.165, 1.54) is 25.7 Å². The first kappa shape index (κ1) is 15.5. The summed E-state index contributed by atoms with van der Waals surface area (Å²) >= 11 is 0. The molecule has 5 nitrogen and oxygen atoms in total. The average Bonchev–Trinajstić information content (AvgIpc) is 3.17. The van der Waals surface area contributed by atoms with Gasteiger partial charge in [0.1, 0.15) is 5.82 Å². The van der Waals surface area contributed by atoms with E-state index >= 15 is 0 Å². The Labute approximate surface area is 133 Å². The van der Waals surface area contributed by atoms with Gasteiger partial charge in [-0.3, -0.25) is 4.79 Å². The summed E-state index contributed by atoms with van der Waals surface area (Å²) in [5.41, 5.74) is 0. The highest BCUT2D eigenvalue weighted by molar-refractivity contribution is 5.79. The molecular formula is C17H28N4O. The zero-order valence-electron chi connectivity index (χ0n) is 13.9. The van der Waals surface area contributed by atoms with E-state index in [0.29, 0.717) is 11.9 Å². The summed E-state index contributed by atoms with van der Waals surface area (Å²) in [6.45, 7) is 2.74. The first-order chi connectivity index (χ1) is 10.6. The highest BCUT2D eigenvalue weighted by atomic mass is 16.2. The summed E-state index contributed by atoms with van der Waals surface area (Å²) in [6.07, 6.45) is 10.5. The maximum atomic E-state index is 13.1. The van der Waals surface area contributed by atoms with Crippen LogP contribution in [0.4, 0.5) is 0 Å². The number of aryl methyl sites for hydroxylation is 1. The fourth-order valence-corrected chi connectivity index (χ4v) is 3.79. The Balaban J connectivity index is 1.68. The van der Waals surface area contributed by atoms with Crippen LogP contribution in [0.15, 0.2) is 12.4 Å². The minimum absolute atomic E-state index is 0.123. The first-order valence-corrected chi connectivity index (χ1v) is 8.60. The molecular weight excluding hydrogens is 276 g/mol. The van der Waals surface area contributed by atoms with E-state index in [9.17, 15) is 4.79 Å². The SMILES string of the molecule is CN(C)CCN(C(=O)[C@H]1CCn2ccnc2C1)C1CCCC1. The van der Waals surface area contributed by atoms with Gasteiger partial charge in [0.15, 0.2) is 0 Å². The number of hydrogen-bond acceptors (Lipinski definition) is 3. The van der Waals surface area contributed by atoms with Crippen LogP contribution in [0.3, 0.4) is 0 Å². The predicted molar refractivity (Wildman–Crippen MR) is 86.6 cm³/mol. The summed E-state index contributed by atoms with van der Waals surface area (Å²) < 4.78 is 2.18. The van der Waals surface area contributed by atoms with Crippen LogP contribution in [0, 0.1) is 5.92 Å². The summed E-state index contributed by atoms with van der Waals surface area (Å²) in [5, 5.41) is 0.